The Hall–Kier alpha value is -2.73. The monoisotopic (exact) mass is 488 g/mol. The number of rotatable bonds is 7. The normalized spacial score (nSPS) is 14.8. The van der Waals surface area contributed by atoms with Gasteiger partial charge in [-0.05, 0) is 43.2 Å². The first-order valence-corrected chi connectivity index (χ1v) is 12.8. The maximum Gasteiger partial charge on any atom is 0.277 e. The molecular formula is C22H24N4O5S2. The van der Waals surface area contributed by atoms with Gasteiger partial charge in [0.05, 0.1) is 23.9 Å². The van der Waals surface area contributed by atoms with Crippen LogP contribution < -0.4 is 5.32 Å². The molecule has 1 aromatic heterocycles. The molecule has 1 aliphatic rings. The van der Waals surface area contributed by atoms with Gasteiger partial charge in [0.15, 0.2) is 0 Å². The van der Waals surface area contributed by atoms with Crippen LogP contribution in [0.5, 0.6) is 0 Å². The molecule has 9 nitrogen and oxygen atoms in total. The number of ether oxygens (including phenoxy) is 1. The van der Waals surface area contributed by atoms with Gasteiger partial charge < -0.3 is 14.5 Å². The topological polar surface area (TPSA) is 115 Å². The SMILES string of the molecule is Cc1cccc(C)c1NC(=O)CSc1nnc(-c2cccc(S(=O)(=O)N3CCOCC3)c2)o1. The predicted molar refractivity (Wildman–Crippen MR) is 125 cm³/mol. The minimum atomic E-state index is -3.64. The van der Waals surface area contributed by atoms with Crippen molar-refractivity contribution in [2.24, 2.45) is 0 Å². The lowest BCUT2D eigenvalue weighted by Crippen LogP contribution is -2.40. The molecule has 1 saturated heterocycles. The lowest BCUT2D eigenvalue weighted by atomic mass is 10.1. The van der Waals surface area contributed by atoms with Gasteiger partial charge in [-0.3, -0.25) is 4.79 Å². The number of nitrogens with one attached hydrogen (secondary N) is 1. The van der Waals surface area contributed by atoms with Crippen molar-refractivity contribution in [1.82, 2.24) is 14.5 Å². The summed E-state index contributed by atoms with van der Waals surface area (Å²) in [5.74, 6) is 0.100. The number of hydrogen-bond acceptors (Lipinski definition) is 8. The average molecular weight is 489 g/mol. The fraction of sp³-hybridized carbons (Fsp3) is 0.318. The van der Waals surface area contributed by atoms with Crippen molar-refractivity contribution in [1.29, 1.82) is 0 Å². The summed E-state index contributed by atoms with van der Waals surface area (Å²) >= 11 is 1.11. The molecule has 33 heavy (non-hydrogen) atoms. The first-order valence-electron chi connectivity index (χ1n) is 10.4. The fourth-order valence-electron chi connectivity index (χ4n) is 3.42. The quantitative estimate of drug-likeness (QED) is 0.505. The molecule has 4 rings (SSSR count). The van der Waals surface area contributed by atoms with E-state index in [4.69, 9.17) is 9.15 Å². The van der Waals surface area contributed by atoms with Gasteiger partial charge in [0, 0.05) is 24.3 Å². The number of sulfonamides is 1. The van der Waals surface area contributed by atoms with E-state index in [2.05, 4.69) is 15.5 Å². The Bertz CT molecular complexity index is 1230. The molecule has 0 saturated carbocycles. The second-order valence-electron chi connectivity index (χ2n) is 7.52. The number of morpholine rings is 1. The van der Waals surface area contributed by atoms with Crippen LogP contribution in [-0.2, 0) is 19.6 Å². The zero-order chi connectivity index (χ0) is 23.4. The average Bonchev–Trinajstić information content (AvgIpc) is 3.30. The molecule has 1 aliphatic heterocycles. The third-order valence-corrected chi connectivity index (χ3v) is 7.88. The second kappa shape index (κ2) is 10.0. The summed E-state index contributed by atoms with van der Waals surface area (Å²) in [6.07, 6.45) is 0. The third-order valence-electron chi connectivity index (χ3n) is 5.17. The summed E-state index contributed by atoms with van der Waals surface area (Å²) in [6.45, 7) is 5.26. The van der Waals surface area contributed by atoms with Crippen LogP contribution in [0.25, 0.3) is 11.5 Å². The first kappa shape index (κ1) is 23.4. The summed E-state index contributed by atoms with van der Waals surface area (Å²) < 4.78 is 38.1. The summed E-state index contributed by atoms with van der Waals surface area (Å²) in [5.41, 5.74) is 3.26. The van der Waals surface area contributed by atoms with Crippen molar-refractivity contribution >= 4 is 33.4 Å². The number of aryl methyl sites for hydroxylation is 2. The van der Waals surface area contributed by atoms with Crippen LogP contribution in [0, 0.1) is 13.8 Å². The van der Waals surface area contributed by atoms with Crippen LogP contribution in [-0.4, -0.2) is 60.9 Å². The molecule has 0 atom stereocenters. The molecule has 0 aliphatic carbocycles. The Morgan fingerprint density at radius 1 is 1.09 bits per heavy atom. The molecule has 0 spiro atoms. The fourth-order valence-corrected chi connectivity index (χ4v) is 5.44. The Morgan fingerprint density at radius 3 is 2.52 bits per heavy atom. The van der Waals surface area contributed by atoms with Crippen LogP contribution >= 0.6 is 11.8 Å². The second-order valence-corrected chi connectivity index (χ2v) is 10.4. The number of aromatic nitrogens is 2. The van der Waals surface area contributed by atoms with E-state index in [1.54, 1.807) is 12.1 Å². The molecular weight excluding hydrogens is 464 g/mol. The zero-order valence-electron chi connectivity index (χ0n) is 18.3. The minimum absolute atomic E-state index is 0.0981. The molecule has 1 fully saturated rings. The highest BCUT2D eigenvalue weighted by Gasteiger charge is 2.27. The van der Waals surface area contributed by atoms with Crippen molar-refractivity contribution < 1.29 is 22.4 Å². The van der Waals surface area contributed by atoms with Crippen molar-refractivity contribution in [3.8, 4) is 11.5 Å². The summed E-state index contributed by atoms with van der Waals surface area (Å²) in [5, 5.41) is 11.1. The van der Waals surface area contributed by atoms with Gasteiger partial charge in [0.25, 0.3) is 5.22 Å². The van der Waals surface area contributed by atoms with E-state index in [0.717, 1.165) is 28.6 Å². The molecule has 3 aromatic rings. The Kier molecular flexibility index (Phi) is 7.13. The highest BCUT2D eigenvalue weighted by molar-refractivity contribution is 7.99. The molecule has 1 N–H and O–H groups in total. The number of carbonyl (C=O) groups is 1. The highest BCUT2D eigenvalue weighted by Crippen LogP contribution is 2.27. The smallest absolute Gasteiger partial charge is 0.277 e. The summed E-state index contributed by atoms with van der Waals surface area (Å²) in [7, 11) is -3.64. The van der Waals surface area contributed by atoms with E-state index in [1.165, 1.54) is 16.4 Å². The zero-order valence-corrected chi connectivity index (χ0v) is 19.9. The number of benzene rings is 2. The number of thioether (sulfide) groups is 1. The van der Waals surface area contributed by atoms with Gasteiger partial charge in [0.1, 0.15) is 0 Å². The van der Waals surface area contributed by atoms with Gasteiger partial charge in [-0.25, -0.2) is 8.42 Å². The summed E-state index contributed by atoms with van der Waals surface area (Å²) in [6, 6.07) is 12.2. The number of para-hydroxylation sites is 1. The molecule has 0 radical (unpaired) electrons. The van der Waals surface area contributed by atoms with E-state index < -0.39 is 10.0 Å². The molecule has 174 valence electrons. The maximum absolute atomic E-state index is 12.9. The lowest BCUT2D eigenvalue weighted by molar-refractivity contribution is -0.113. The first-order chi connectivity index (χ1) is 15.8. The molecule has 0 bridgehead atoms. The van der Waals surface area contributed by atoms with E-state index in [9.17, 15) is 13.2 Å². The van der Waals surface area contributed by atoms with Crippen LogP contribution in [0.4, 0.5) is 5.69 Å². The van der Waals surface area contributed by atoms with Crippen LogP contribution in [0.2, 0.25) is 0 Å². The minimum Gasteiger partial charge on any atom is -0.411 e. The molecule has 1 amide bonds. The van der Waals surface area contributed by atoms with E-state index >= 15 is 0 Å². The highest BCUT2D eigenvalue weighted by atomic mass is 32.2. The van der Waals surface area contributed by atoms with Gasteiger partial charge in [-0.2, -0.15) is 4.31 Å². The predicted octanol–water partition coefficient (Wildman–Crippen LogP) is 3.11. The number of hydrogen-bond donors (Lipinski definition) is 1. The van der Waals surface area contributed by atoms with Crippen molar-refractivity contribution in [3.05, 3.63) is 53.6 Å². The number of carbonyl (C=O) groups excluding carboxylic acids is 1. The Morgan fingerprint density at radius 2 is 1.79 bits per heavy atom. The van der Waals surface area contributed by atoms with Gasteiger partial charge >= 0.3 is 0 Å². The Balaban J connectivity index is 1.42. The lowest BCUT2D eigenvalue weighted by Gasteiger charge is -2.26. The van der Waals surface area contributed by atoms with E-state index in [1.807, 2.05) is 32.0 Å². The van der Waals surface area contributed by atoms with Crippen LogP contribution in [0.3, 0.4) is 0 Å². The molecule has 2 heterocycles. The number of amides is 1. The number of anilines is 1. The van der Waals surface area contributed by atoms with Crippen LogP contribution in [0.1, 0.15) is 11.1 Å². The third kappa shape index (κ3) is 5.44. The largest absolute Gasteiger partial charge is 0.411 e. The van der Waals surface area contributed by atoms with Crippen molar-refractivity contribution in [3.63, 3.8) is 0 Å². The standard InChI is InChI=1S/C22H24N4O5S2/c1-15-5-3-6-16(2)20(15)23-19(27)14-32-22-25-24-21(31-22)17-7-4-8-18(13-17)33(28,29)26-9-11-30-12-10-26/h3-8,13H,9-12,14H2,1-2H3,(H,23,27). The van der Waals surface area contributed by atoms with Gasteiger partial charge in [-0.15, -0.1) is 10.2 Å². The number of nitrogens with zero attached hydrogens (tertiary/aromatic N) is 3. The van der Waals surface area contributed by atoms with E-state index in [0.29, 0.717) is 31.9 Å². The summed E-state index contributed by atoms with van der Waals surface area (Å²) in [4.78, 5) is 12.5. The van der Waals surface area contributed by atoms with Crippen LogP contribution in [0.15, 0.2) is 57.0 Å². The molecule has 2 aromatic carbocycles. The van der Waals surface area contributed by atoms with Crippen molar-refractivity contribution in [2.45, 2.75) is 24.0 Å². The maximum atomic E-state index is 12.9. The Labute approximate surface area is 196 Å². The molecule has 0 unspecified atom stereocenters. The van der Waals surface area contributed by atoms with Gasteiger partial charge in [0.2, 0.25) is 21.8 Å². The van der Waals surface area contributed by atoms with E-state index in [-0.39, 0.29) is 27.7 Å². The van der Waals surface area contributed by atoms with Gasteiger partial charge in [-0.1, -0.05) is 36.0 Å². The van der Waals surface area contributed by atoms with Crippen molar-refractivity contribution in [2.75, 3.05) is 37.4 Å². The molecule has 11 heteroatoms.